The Morgan fingerprint density at radius 1 is 1.35 bits per heavy atom. The van der Waals surface area contributed by atoms with Gasteiger partial charge in [0.2, 0.25) is 0 Å². The van der Waals surface area contributed by atoms with Gasteiger partial charge in [0.15, 0.2) is 0 Å². The SMILES string of the molecule is CC1(Nc2cc(C(F)(F)F)cc(N)n2)CCC1. The summed E-state index contributed by atoms with van der Waals surface area (Å²) in [5, 5.41) is 3.02. The minimum atomic E-state index is -4.39. The van der Waals surface area contributed by atoms with Crippen LogP contribution in [0.1, 0.15) is 31.7 Å². The van der Waals surface area contributed by atoms with Crippen LogP contribution < -0.4 is 11.1 Å². The molecule has 0 saturated heterocycles. The van der Waals surface area contributed by atoms with Crippen LogP contribution in [0.15, 0.2) is 12.1 Å². The third kappa shape index (κ3) is 2.62. The second kappa shape index (κ2) is 3.78. The number of nitrogens with two attached hydrogens (primary N) is 1. The van der Waals surface area contributed by atoms with Crippen molar-refractivity contribution < 1.29 is 13.2 Å². The highest BCUT2D eigenvalue weighted by molar-refractivity contribution is 5.49. The lowest BCUT2D eigenvalue weighted by Gasteiger charge is -2.39. The fourth-order valence-corrected chi connectivity index (χ4v) is 1.92. The van der Waals surface area contributed by atoms with Gasteiger partial charge in [0.25, 0.3) is 0 Å². The maximum absolute atomic E-state index is 12.6. The molecule has 1 aliphatic rings. The molecular weight excluding hydrogens is 231 g/mol. The normalized spacial score (nSPS) is 18.6. The molecule has 94 valence electrons. The van der Waals surface area contributed by atoms with Crippen molar-refractivity contribution in [3.63, 3.8) is 0 Å². The van der Waals surface area contributed by atoms with E-state index in [9.17, 15) is 13.2 Å². The van der Waals surface area contributed by atoms with Crippen LogP contribution in [0.5, 0.6) is 0 Å². The molecule has 2 rings (SSSR count). The number of nitrogen functional groups attached to an aromatic ring is 1. The van der Waals surface area contributed by atoms with E-state index < -0.39 is 11.7 Å². The van der Waals surface area contributed by atoms with Crippen molar-refractivity contribution in [1.82, 2.24) is 4.98 Å². The molecule has 0 aliphatic heterocycles. The number of rotatable bonds is 2. The number of halogens is 3. The van der Waals surface area contributed by atoms with E-state index in [2.05, 4.69) is 10.3 Å². The standard InChI is InChI=1S/C11H14F3N3/c1-10(3-2-4-10)17-9-6-7(11(12,13)14)5-8(15)16-9/h5-6H,2-4H2,1H3,(H3,15,16,17). The topological polar surface area (TPSA) is 50.9 Å². The second-order valence-electron chi connectivity index (χ2n) is 4.70. The number of aromatic nitrogens is 1. The molecule has 1 aromatic rings. The highest BCUT2D eigenvalue weighted by Crippen LogP contribution is 2.36. The van der Waals surface area contributed by atoms with Crippen LogP contribution in [0.4, 0.5) is 24.8 Å². The van der Waals surface area contributed by atoms with E-state index in [1.165, 1.54) is 0 Å². The zero-order valence-corrected chi connectivity index (χ0v) is 9.43. The predicted molar refractivity (Wildman–Crippen MR) is 59.5 cm³/mol. The van der Waals surface area contributed by atoms with Crippen LogP contribution in [0.3, 0.4) is 0 Å². The Bertz CT molecular complexity index is 424. The van der Waals surface area contributed by atoms with E-state index >= 15 is 0 Å². The average molecular weight is 245 g/mol. The quantitative estimate of drug-likeness (QED) is 0.842. The third-order valence-corrected chi connectivity index (χ3v) is 3.06. The fraction of sp³-hybridized carbons (Fsp3) is 0.545. The summed E-state index contributed by atoms with van der Waals surface area (Å²) in [7, 11) is 0. The van der Waals surface area contributed by atoms with Gasteiger partial charge in [0, 0.05) is 5.54 Å². The van der Waals surface area contributed by atoms with Crippen molar-refractivity contribution in [3.05, 3.63) is 17.7 Å². The Labute approximate surface area is 97.2 Å². The third-order valence-electron chi connectivity index (χ3n) is 3.06. The van der Waals surface area contributed by atoms with Crippen molar-refractivity contribution in [3.8, 4) is 0 Å². The summed E-state index contributed by atoms with van der Waals surface area (Å²) < 4.78 is 37.7. The second-order valence-corrected chi connectivity index (χ2v) is 4.70. The van der Waals surface area contributed by atoms with Gasteiger partial charge in [-0.25, -0.2) is 4.98 Å². The maximum atomic E-state index is 12.6. The smallest absolute Gasteiger partial charge is 0.384 e. The Morgan fingerprint density at radius 2 is 2.00 bits per heavy atom. The van der Waals surface area contributed by atoms with Gasteiger partial charge in [-0.15, -0.1) is 0 Å². The summed E-state index contributed by atoms with van der Waals surface area (Å²) in [5.41, 5.74) is 4.47. The van der Waals surface area contributed by atoms with E-state index in [1.807, 2.05) is 6.92 Å². The Balaban J connectivity index is 2.25. The van der Waals surface area contributed by atoms with Gasteiger partial charge in [0.1, 0.15) is 11.6 Å². The van der Waals surface area contributed by atoms with Crippen molar-refractivity contribution in [1.29, 1.82) is 0 Å². The van der Waals surface area contributed by atoms with Gasteiger partial charge in [-0.3, -0.25) is 0 Å². The summed E-state index contributed by atoms with van der Waals surface area (Å²) >= 11 is 0. The molecule has 0 amide bonds. The number of nitrogens with one attached hydrogen (secondary N) is 1. The number of anilines is 2. The lowest BCUT2D eigenvalue weighted by molar-refractivity contribution is -0.137. The summed E-state index contributed by atoms with van der Waals surface area (Å²) in [6.07, 6.45) is -1.44. The summed E-state index contributed by atoms with van der Waals surface area (Å²) in [4.78, 5) is 3.88. The molecule has 3 N–H and O–H groups in total. The number of nitrogens with zero attached hydrogens (tertiary/aromatic N) is 1. The maximum Gasteiger partial charge on any atom is 0.416 e. The highest BCUT2D eigenvalue weighted by Gasteiger charge is 2.34. The Morgan fingerprint density at radius 3 is 2.47 bits per heavy atom. The number of hydrogen-bond acceptors (Lipinski definition) is 3. The highest BCUT2D eigenvalue weighted by atomic mass is 19.4. The first-order valence-corrected chi connectivity index (χ1v) is 5.41. The molecule has 1 fully saturated rings. The number of pyridine rings is 1. The largest absolute Gasteiger partial charge is 0.416 e. The molecule has 3 nitrogen and oxygen atoms in total. The molecule has 0 unspecified atom stereocenters. The molecule has 0 radical (unpaired) electrons. The van der Waals surface area contributed by atoms with E-state index in [4.69, 9.17) is 5.73 Å². The lowest BCUT2D eigenvalue weighted by atomic mass is 9.78. The summed E-state index contributed by atoms with van der Waals surface area (Å²) in [6.45, 7) is 1.97. The Hall–Kier alpha value is -1.46. The van der Waals surface area contributed by atoms with Gasteiger partial charge in [0.05, 0.1) is 5.56 Å². The van der Waals surface area contributed by atoms with Gasteiger partial charge in [-0.1, -0.05) is 0 Å². The van der Waals surface area contributed by atoms with Crippen LogP contribution in [-0.4, -0.2) is 10.5 Å². The summed E-state index contributed by atoms with van der Waals surface area (Å²) in [6, 6.07) is 1.84. The predicted octanol–water partition coefficient (Wildman–Crippen LogP) is 3.04. The van der Waals surface area contributed by atoms with E-state index in [1.54, 1.807) is 0 Å². The van der Waals surface area contributed by atoms with Crippen molar-refractivity contribution in [2.45, 2.75) is 37.9 Å². The monoisotopic (exact) mass is 245 g/mol. The molecule has 1 saturated carbocycles. The molecule has 0 spiro atoms. The molecule has 6 heteroatoms. The van der Waals surface area contributed by atoms with Crippen molar-refractivity contribution >= 4 is 11.6 Å². The first kappa shape index (κ1) is 12.0. The molecule has 1 aliphatic carbocycles. The minimum Gasteiger partial charge on any atom is -0.384 e. The first-order chi connectivity index (χ1) is 7.78. The van der Waals surface area contributed by atoms with Crippen LogP contribution in [0.2, 0.25) is 0 Å². The van der Waals surface area contributed by atoms with E-state index in [0.717, 1.165) is 31.4 Å². The fourth-order valence-electron chi connectivity index (χ4n) is 1.92. The van der Waals surface area contributed by atoms with Crippen LogP contribution in [0, 0.1) is 0 Å². The van der Waals surface area contributed by atoms with Gasteiger partial charge in [-0.05, 0) is 38.3 Å². The number of hydrogen-bond donors (Lipinski definition) is 2. The van der Waals surface area contributed by atoms with Crippen molar-refractivity contribution in [2.24, 2.45) is 0 Å². The zero-order valence-electron chi connectivity index (χ0n) is 9.43. The summed E-state index contributed by atoms with van der Waals surface area (Å²) in [5.74, 6) is 0.0739. The molecule has 0 aromatic carbocycles. The zero-order chi connectivity index (χ0) is 12.7. The molecule has 0 atom stereocenters. The average Bonchev–Trinajstić information content (AvgIpc) is 2.13. The van der Waals surface area contributed by atoms with Crippen molar-refractivity contribution in [2.75, 3.05) is 11.1 Å². The van der Waals surface area contributed by atoms with Gasteiger partial charge < -0.3 is 11.1 Å². The molecule has 1 heterocycles. The van der Waals surface area contributed by atoms with Gasteiger partial charge >= 0.3 is 6.18 Å². The van der Waals surface area contributed by atoms with Crippen LogP contribution in [0.25, 0.3) is 0 Å². The lowest BCUT2D eigenvalue weighted by Crippen LogP contribution is -2.42. The molecule has 0 bridgehead atoms. The first-order valence-electron chi connectivity index (χ1n) is 5.41. The van der Waals surface area contributed by atoms with Gasteiger partial charge in [-0.2, -0.15) is 13.2 Å². The van der Waals surface area contributed by atoms with Crippen LogP contribution >= 0.6 is 0 Å². The number of alkyl halides is 3. The molecule has 17 heavy (non-hydrogen) atoms. The Kier molecular flexibility index (Phi) is 2.67. The van der Waals surface area contributed by atoms with E-state index in [-0.39, 0.29) is 17.2 Å². The minimum absolute atomic E-state index is 0.120. The molecular formula is C11H14F3N3. The van der Waals surface area contributed by atoms with E-state index in [0.29, 0.717) is 0 Å². The molecule has 1 aromatic heterocycles. The van der Waals surface area contributed by atoms with Crippen LogP contribution in [-0.2, 0) is 6.18 Å².